The van der Waals surface area contributed by atoms with E-state index in [1.165, 1.54) is 22.5 Å². The van der Waals surface area contributed by atoms with Crippen LogP contribution in [0.25, 0.3) is 16.7 Å². The molecule has 4 aromatic carbocycles. The Morgan fingerprint density at radius 3 is 2.23 bits per heavy atom. The van der Waals surface area contributed by atoms with Gasteiger partial charge >= 0.3 is 21.1 Å². The number of anilines is 4. The Hall–Kier alpha value is -4.15. The summed E-state index contributed by atoms with van der Waals surface area (Å²) in [6, 6.07) is 35.5. The number of ether oxygens (including phenoxy) is 1. The van der Waals surface area contributed by atoms with E-state index in [0.717, 1.165) is 40.3 Å². The van der Waals surface area contributed by atoms with Gasteiger partial charge in [-0.15, -0.1) is 54.4 Å². The second-order valence-corrected chi connectivity index (χ2v) is 9.98. The van der Waals surface area contributed by atoms with E-state index < -0.39 is 0 Å². The van der Waals surface area contributed by atoms with Gasteiger partial charge in [0, 0.05) is 40.3 Å². The maximum atomic E-state index is 6.30. The fraction of sp³-hybridized carbons (Fsp3) is 0.0909. The van der Waals surface area contributed by atoms with Crippen molar-refractivity contribution in [3.8, 4) is 11.5 Å². The quantitative estimate of drug-likeness (QED) is 0.183. The topological polar surface area (TPSA) is 35.3 Å². The minimum atomic E-state index is 0. The second-order valence-electron chi connectivity index (χ2n) is 9.98. The van der Waals surface area contributed by atoms with Crippen molar-refractivity contribution in [2.75, 3.05) is 28.8 Å². The molecular weight excluding hydrogens is 679 g/mol. The van der Waals surface area contributed by atoms with Gasteiger partial charge in [0.15, 0.2) is 5.88 Å². The molecule has 3 aliphatic rings. The number of para-hydroxylation sites is 1. The molecule has 3 heterocycles. The van der Waals surface area contributed by atoms with Crippen LogP contribution in [0, 0.1) is 25.5 Å². The van der Waals surface area contributed by atoms with Crippen LogP contribution in [-0.4, -0.2) is 19.0 Å². The largest absolute Gasteiger partial charge is 4.00 e. The van der Waals surface area contributed by atoms with E-state index in [9.17, 15) is 0 Å². The predicted molar refractivity (Wildman–Crippen MR) is 153 cm³/mol. The molecule has 0 bridgehead atoms. The monoisotopic (exact) mass is 703 g/mol. The van der Waals surface area contributed by atoms with Gasteiger partial charge in [0.1, 0.15) is 5.58 Å². The van der Waals surface area contributed by atoms with Crippen molar-refractivity contribution in [2.24, 2.45) is 0 Å². The minimum absolute atomic E-state index is 0. The van der Waals surface area contributed by atoms with Crippen LogP contribution in [0.5, 0.6) is 11.5 Å². The molecule has 5 aromatic rings. The van der Waals surface area contributed by atoms with Crippen molar-refractivity contribution in [3.05, 3.63) is 127 Å². The van der Waals surface area contributed by atoms with Gasteiger partial charge < -0.3 is 28.8 Å². The predicted octanol–water partition coefficient (Wildman–Crippen LogP) is 7.33. The summed E-state index contributed by atoms with van der Waals surface area (Å²) in [6.07, 6.45) is 0.895. The number of benzene rings is 4. The minimum Gasteiger partial charge on any atom is -0.509 e. The van der Waals surface area contributed by atoms with Crippen molar-refractivity contribution in [1.82, 2.24) is 4.90 Å². The number of hydrogen-bond acceptors (Lipinski definition) is 6. The summed E-state index contributed by atoms with van der Waals surface area (Å²) >= 11 is 0. The van der Waals surface area contributed by atoms with Gasteiger partial charge in [-0.1, -0.05) is 36.4 Å². The molecule has 0 radical (unpaired) electrons. The van der Waals surface area contributed by atoms with E-state index >= 15 is 0 Å². The van der Waals surface area contributed by atoms with E-state index in [-0.39, 0.29) is 21.1 Å². The van der Waals surface area contributed by atoms with E-state index in [0.29, 0.717) is 11.5 Å². The number of furan rings is 1. The fourth-order valence-electron chi connectivity index (χ4n) is 5.77. The maximum absolute atomic E-state index is 6.30. The van der Waals surface area contributed by atoms with Crippen LogP contribution in [0.2, 0.25) is 0 Å². The first-order chi connectivity index (χ1) is 19.1. The average Bonchev–Trinajstić information content (AvgIpc) is 3.69. The molecule has 6 nitrogen and oxygen atoms in total. The molecule has 40 heavy (non-hydrogen) atoms. The van der Waals surface area contributed by atoms with Crippen LogP contribution >= 0.6 is 0 Å². The van der Waals surface area contributed by atoms with Crippen LogP contribution in [-0.2, 0) is 27.5 Å². The maximum Gasteiger partial charge on any atom is 4.00 e. The van der Waals surface area contributed by atoms with Crippen LogP contribution in [0.4, 0.5) is 22.9 Å². The van der Waals surface area contributed by atoms with Gasteiger partial charge in [0.2, 0.25) is 0 Å². The van der Waals surface area contributed by atoms with Crippen molar-refractivity contribution in [1.29, 1.82) is 0 Å². The van der Waals surface area contributed by atoms with E-state index in [4.69, 9.17) is 9.15 Å². The Labute approximate surface area is 247 Å². The molecule has 0 unspecified atom stereocenters. The molecule has 1 aromatic heterocycles. The Morgan fingerprint density at radius 2 is 1.43 bits per heavy atom. The fourth-order valence-corrected chi connectivity index (χ4v) is 5.77. The zero-order chi connectivity index (χ0) is 26.1. The zero-order valence-corrected chi connectivity index (χ0v) is 24.1. The Bertz CT molecular complexity index is 1790. The molecule has 2 aliphatic heterocycles. The first-order valence-corrected chi connectivity index (χ1v) is 12.9. The van der Waals surface area contributed by atoms with Gasteiger partial charge in [0.25, 0.3) is 0 Å². The number of hydrogen-bond donors (Lipinski definition) is 0. The summed E-state index contributed by atoms with van der Waals surface area (Å²) in [6.45, 7) is 4.13. The van der Waals surface area contributed by atoms with Crippen molar-refractivity contribution in [3.63, 3.8) is 0 Å². The molecule has 198 valence electrons. The molecule has 0 atom stereocenters. The van der Waals surface area contributed by atoms with Gasteiger partial charge in [-0.3, -0.25) is 0 Å². The average molecular weight is 704 g/mol. The summed E-state index contributed by atoms with van der Waals surface area (Å²) in [7, 11) is 4.08. The zero-order valence-electron chi connectivity index (χ0n) is 21.9. The first kappa shape index (κ1) is 24.9. The Kier molecular flexibility index (Phi) is 5.90. The molecule has 0 amide bonds. The third-order valence-electron chi connectivity index (χ3n) is 7.48. The summed E-state index contributed by atoms with van der Waals surface area (Å²) in [5.41, 5.74) is 8.84. The van der Waals surface area contributed by atoms with Crippen LogP contribution in [0.1, 0.15) is 11.1 Å². The second kappa shape index (κ2) is 9.49. The number of rotatable bonds is 4. The number of nitrogens with zero attached hydrogens (tertiary/aromatic N) is 4. The van der Waals surface area contributed by atoms with Crippen molar-refractivity contribution in [2.45, 2.75) is 6.42 Å². The molecule has 1 aliphatic carbocycles. The molecule has 0 spiro atoms. The smallest absolute Gasteiger partial charge is 0.509 e. The van der Waals surface area contributed by atoms with Gasteiger partial charge in [-0.25, -0.2) is 0 Å². The van der Waals surface area contributed by atoms with Crippen molar-refractivity contribution >= 4 is 39.6 Å². The van der Waals surface area contributed by atoms with Crippen molar-refractivity contribution < 1.29 is 30.2 Å². The van der Waals surface area contributed by atoms with E-state index in [1.807, 2.05) is 67.1 Å². The van der Waals surface area contributed by atoms with Gasteiger partial charge in [0.05, 0.1) is 5.69 Å². The summed E-state index contributed by atoms with van der Waals surface area (Å²) in [5, 5.41) is 1.06. The molecule has 7 heteroatoms. The molecule has 0 saturated carbocycles. The first-order valence-electron chi connectivity index (χ1n) is 12.9. The molecule has 8 rings (SSSR count). The normalized spacial score (nSPS) is 15.4. The molecular formula is C33H24N4O2Pt. The van der Waals surface area contributed by atoms with Crippen LogP contribution < -0.4 is 19.4 Å². The van der Waals surface area contributed by atoms with Crippen LogP contribution in [0.15, 0.2) is 95.0 Å². The van der Waals surface area contributed by atoms with Gasteiger partial charge in [-0.05, 0) is 31.8 Å². The van der Waals surface area contributed by atoms with E-state index in [2.05, 4.69) is 76.9 Å². The SMILES string of the molecule is CN1[CH-]N(c2[c-]c(Oc3[c-]c(N4[CH-]N(C)c5oc6ccccc6c54)ccc3)ccc2)C2=C1c1ccccc1C2.[Pt+4]. The van der Waals surface area contributed by atoms with Crippen LogP contribution in [0.3, 0.4) is 0 Å². The molecule has 0 fully saturated rings. The Balaban J connectivity index is 0.00000264. The molecule has 0 N–H and O–H groups in total. The number of allylic oxidation sites excluding steroid dienone is 1. The summed E-state index contributed by atoms with van der Waals surface area (Å²) < 4.78 is 12.4. The van der Waals surface area contributed by atoms with E-state index in [1.54, 1.807) is 0 Å². The Morgan fingerprint density at radius 1 is 0.750 bits per heavy atom. The van der Waals surface area contributed by atoms with Gasteiger partial charge in [-0.2, -0.15) is 18.8 Å². The third-order valence-corrected chi connectivity index (χ3v) is 7.48. The molecule has 0 saturated heterocycles. The summed E-state index contributed by atoms with van der Waals surface area (Å²) in [5.74, 6) is 2.07. The number of fused-ring (bicyclic) bond motifs is 5. The third kappa shape index (κ3) is 3.81. The standard InChI is InChI=1S/C33H24N4O2.Pt/c1-34-20-36(29-17-22-9-3-4-14-27(22)31(29)34)23-10-7-12-25(18-23)38-26-13-8-11-24(19-26)37-21-35(2)33-32(37)28-15-5-6-16-30(28)39-33;/h3-16,20-21H,17H2,1-2H3;/q-4;+4. The summed E-state index contributed by atoms with van der Waals surface area (Å²) in [4.78, 5) is 8.48.